The Bertz CT molecular complexity index is 691. The number of benzene rings is 2. The van der Waals surface area contributed by atoms with Crippen LogP contribution in [0.15, 0.2) is 42.5 Å². The third kappa shape index (κ3) is 4.60. The lowest BCUT2D eigenvalue weighted by molar-refractivity contribution is -0.128. The van der Waals surface area contributed by atoms with E-state index in [2.05, 4.69) is 37.4 Å². The van der Waals surface area contributed by atoms with E-state index in [1.54, 1.807) is 0 Å². The molecule has 0 unspecified atom stereocenters. The number of carbonyl (C=O) groups is 1. The van der Waals surface area contributed by atoms with Crippen molar-refractivity contribution in [1.82, 2.24) is 5.32 Å². The molecule has 0 spiro atoms. The van der Waals surface area contributed by atoms with Crippen LogP contribution in [0.5, 0.6) is 5.75 Å². The van der Waals surface area contributed by atoms with Gasteiger partial charge >= 0.3 is 0 Å². The van der Waals surface area contributed by atoms with Crippen molar-refractivity contribution < 1.29 is 9.53 Å². The van der Waals surface area contributed by atoms with E-state index in [1.165, 1.54) is 16.7 Å². The van der Waals surface area contributed by atoms with Gasteiger partial charge in [0.25, 0.3) is 5.91 Å². The first-order valence-electron chi connectivity index (χ1n) is 8.51. The number of hydrogen-bond acceptors (Lipinski definition) is 2. The van der Waals surface area contributed by atoms with Crippen LogP contribution in [-0.2, 0) is 4.79 Å². The summed E-state index contributed by atoms with van der Waals surface area (Å²) in [5, 5.41) is 3.08. The van der Waals surface area contributed by atoms with E-state index in [9.17, 15) is 4.79 Å². The van der Waals surface area contributed by atoms with E-state index in [0.717, 1.165) is 11.3 Å². The van der Waals surface area contributed by atoms with Gasteiger partial charge in [-0.1, -0.05) is 48.4 Å². The van der Waals surface area contributed by atoms with Gasteiger partial charge in [0.1, 0.15) is 5.75 Å². The summed E-state index contributed by atoms with van der Waals surface area (Å²) in [6.45, 7) is 10.1. The predicted molar refractivity (Wildman–Crippen MR) is 98.4 cm³/mol. The lowest BCUT2D eigenvalue weighted by Gasteiger charge is -2.22. The van der Waals surface area contributed by atoms with Gasteiger partial charge in [0.2, 0.25) is 0 Å². The second-order valence-corrected chi connectivity index (χ2v) is 6.42. The first kappa shape index (κ1) is 18.1. The van der Waals surface area contributed by atoms with Crippen LogP contribution in [0.3, 0.4) is 0 Å². The van der Waals surface area contributed by atoms with Crippen LogP contribution in [-0.4, -0.2) is 12.0 Å². The van der Waals surface area contributed by atoms with Gasteiger partial charge in [0.05, 0.1) is 6.04 Å². The minimum absolute atomic E-state index is 0.0481. The highest BCUT2D eigenvalue weighted by atomic mass is 16.5. The minimum atomic E-state index is -0.486. The van der Waals surface area contributed by atoms with E-state index >= 15 is 0 Å². The Hall–Kier alpha value is -2.29. The molecule has 2 aromatic carbocycles. The molecule has 1 N–H and O–H groups in total. The Balaban J connectivity index is 2.05. The Kier molecular flexibility index (Phi) is 6.02. The van der Waals surface area contributed by atoms with E-state index in [4.69, 9.17) is 4.74 Å². The topological polar surface area (TPSA) is 38.3 Å². The van der Waals surface area contributed by atoms with Crippen LogP contribution in [0.2, 0.25) is 0 Å². The highest BCUT2D eigenvalue weighted by Crippen LogP contribution is 2.20. The number of ether oxygens (including phenoxy) is 1. The number of amides is 1. The number of hydrogen-bond donors (Lipinski definition) is 1. The third-order valence-electron chi connectivity index (χ3n) is 4.22. The first-order valence-corrected chi connectivity index (χ1v) is 8.51. The number of carbonyl (C=O) groups excluding carboxylic acids is 1. The normalized spacial score (nSPS) is 13.2. The van der Waals surface area contributed by atoms with Crippen molar-refractivity contribution in [1.29, 1.82) is 0 Å². The molecule has 2 aromatic rings. The molecular formula is C21H27NO2. The standard InChI is InChI=1S/C21H27NO2/c1-6-20(24-18-11-8-14(2)9-12-18)21(23)22-17(5)19-13-15(3)7-10-16(19)4/h7-13,17,20H,6H2,1-5H3,(H,22,23)/t17-,20+/m0/s1. The molecule has 0 aliphatic rings. The van der Waals surface area contributed by atoms with Crippen molar-refractivity contribution in [3.8, 4) is 5.75 Å². The summed E-state index contributed by atoms with van der Waals surface area (Å²) >= 11 is 0. The summed E-state index contributed by atoms with van der Waals surface area (Å²) in [5.41, 5.74) is 4.69. The van der Waals surface area contributed by atoms with Crippen molar-refractivity contribution in [3.05, 3.63) is 64.7 Å². The van der Waals surface area contributed by atoms with Crippen molar-refractivity contribution >= 4 is 5.91 Å². The molecule has 0 bridgehead atoms. The summed E-state index contributed by atoms with van der Waals surface area (Å²) in [5.74, 6) is 0.647. The molecule has 0 aliphatic carbocycles. The molecule has 0 saturated heterocycles. The van der Waals surface area contributed by atoms with Gasteiger partial charge in [-0.2, -0.15) is 0 Å². The quantitative estimate of drug-likeness (QED) is 0.840. The molecule has 0 saturated carbocycles. The SMILES string of the molecule is CC[C@@H](Oc1ccc(C)cc1)C(=O)N[C@@H](C)c1cc(C)ccc1C. The maximum atomic E-state index is 12.6. The van der Waals surface area contributed by atoms with Gasteiger partial charge in [-0.05, 0) is 57.4 Å². The van der Waals surface area contributed by atoms with Crippen molar-refractivity contribution in [2.24, 2.45) is 0 Å². The largest absolute Gasteiger partial charge is 0.481 e. The summed E-state index contributed by atoms with van der Waals surface area (Å²) in [6, 6.07) is 14.0. The molecule has 3 nitrogen and oxygen atoms in total. The zero-order valence-electron chi connectivity index (χ0n) is 15.2. The van der Waals surface area contributed by atoms with Gasteiger partial charge < -0.3 is 10.1 Å². The second-order valence-electron chi connectivity index (χ2n) is 6.42. The zero-order chi connectivity index (χ0) is 17.7. The molecule has 2 rings (SSSR count). The molecule has 2 atom stereocenters. The fourth-order valence-electron chi connectivity index (χ4n) is 2.71. The summed E-state index contributed by atoms with van der Waals surface area (Å²) in [4.78, 5) is 12.6. The number of nitrogens with one attached hydrogen (secondary N) is 1. The molecule has 1 amide bonds. The Labute approximate surface area is 145 Å². The maximum absolute atomic E-state index is 12.6. The van der Waals surface area contributed by atoms with Crippen molar-refractivity contribution in [2.75, 3.05) is 0 Å². The smallest absolute Gasteiger partial charge is 0.261 e. The monoisotopic (exact) mass is 325 g/mol. The highest BCUT2D eigenvalue weighted by Gasteiger charge is 2.21. The second kappa shape index (κ2) is 8.00. The summed E-state index contributed by atoms with van der Waals surface area (Å²) in [6.07, 6.45) is 0.138. The van der Waals surface area contributed by atoms with Gasteiger partial charge in [-0.3, -0.25) is 4.79 Å². The van der Waals surface area contributed by atoms with Crippen LogP contribution in [0.1, 0.15) is 48.6 Å². The van der Waals surface area contributed by atoms with Gasteiger partial charge in [0, 0.05) is 0 Å². The number of rotatable bonds is 6. The van der Waals surface area contributed by atoms with E-state index in [0.29, 0.717) is 6.42 Å². The molecule has 24 heavy (non-hydrogen) atoms. The first-order chi connectivity index (χ1) is 11.4. The zero-order valence-corrected chi connectivity index (χ0v) is 15.2. The highest BCUT2D eigenvalue weighted by molar-refractivity contribution is 5.81. The maximum Gasteiger partial charge on any atom is 0.261 e. The van der Waals surface area contributed by atoms with Crippen molar-refractivity contribution in [3.63, 3.8) is 0 Å². The average molecular weight is 325 g/mol. The van der Waals surface area contributed by atoms with Gasteiger partial charge in [0.15, 0.2) is 6.10 Å². The van der Waals surface area contributed by atoms with Crippen LogP contribution < -0.4 is 10.1 Å². The molecule has 0 heterocycles. The Morgan fingerprint density at radius 3 is 2.29 bits per heavy atom. The van der Waals surface area contributed by atoms with Crippen molar-refractivity contribution in [2.45, 2.75) is 53.2 Å². The average Bonchev–Trinajstić information content (AvgIpc) is 2.56. The fourth-order valence-corrected chi connectivity index (χ4v) is 2.71. The Morgan fingerprint density at radius 1 is 1.04 bits per heavy atom. The third-order valence-corrected chi connectivity index (χ3v) is 4.22. The van der Waals surface area contributed by atoms with Crippen LogP contribution >= 0.6 is 0 Å². The Morgan fingerprint density at radius 2 is 1.67 bits per heavy atom. The molecule has 0 radical (unpaired) electrons. The predicted octanol–water partition coefficient (Wildman–Crippen LogP) is 4.65. The van der Waals surface area contributed by atoms with Crippen LogP contribution in [0.25, 0.3) is 0 Å². The molecular weight excluding hydrogens is 298 g/mol. The van der Waals surface area contributed by atoms with E-state index in [-0.39, 0.29) is 11.9 Å². The minimum Gasteiger partial charge on any atom is -0.481 e. The molecule has 3 heteroatoms. The van der Waals surface area contributed by atoms with Crippen LogP contribution in [0.4, 0.5) is 0 Å². The van der Waals surface area contributed by atoms with E-state index in [1.807, 2.05) is 45.0 Å². The van der Waals surface area contributed by atoms with Crippen LogP contribution in [0, 0.1) is 20.8 Å². The summed E-state index contributed by atoms with van der Waals surface area (Å²) in [7, 11) is 0. The lowest BCUT2D eigenvalue weighted by atomic mass is 10.00. The fraction of sp³-hybridized carbons (Fsp3) is 0.381. The molecule has 0 fully saturated rings. The van der Waals surface area contributed by atoms with E-state index < -0.39 is 6.10 Å². The number of aryl methyl sites for hydroxylation is 3. The molecule has 0 aliphatic heterocycles. The summed E-state index contributed by atoms with van der Waals surface area (Å²) < 4.78 is 5.86. The van der Waals surface area contributed by atoms with Gasteiger partial charge in [-0.15, -0.1) is 0 Å². The molecule has 0 aromatic heterocycles. The lowest BCUT2D eigenvalue weighted by Crippen LogP contribution is -2.39. The van der Waals surface area contributed by atoms with Gasteiger partial charge in [-0.25, -0.2) is 0 Å². The molecule has 128 valence electrons.